The van der Waals surface area contributed by atoms with Gasteiger partial charge in [-0.15, -0.1) is 0 Å². The van der Waals surface area contributed by atoms with Crippen LogP contribution in [0.4, 0.5) is 5.69 Å². The summed E-state index contributed by atoms with van der Waals surface area (Å²) in [5, 5.41) is 4.07. The number of rotatable bonds is 4. The monoisotopic (exact) mass is 379 g/mol. The van der Waals surface area contributed by atoms with Crippen molar-refractivity contribution in [3.05, 3.63) is 48.4 Å². The third-order valence-electron chi connectivity index (χ3n) is 4.93. The van der Waals surface area contributed by atoms with E-state index >= 15 is 0 Å². The summed E-state index contributed by atoms with van der Waals surface area (Å²) in [4.78, 5) is 18.7. The molecule has 0 radical (unpaired) electrons. The van der Waals surface area contributed by atoms with Gasteiger partial charge in [-0.25, -0.2) is 0 Å². The second-order valence-corrected chi connectivity index (χ2v) is 6.63. The van der Waals surface area contributed by atoms with Crippen LogP contribution in [0, 0.1) is 0 Å². The first-order valence-electron chi connectivity index (χ1n) is 8.89. The van der Waals surface area contributed by atoms with E-state index in [0.29, 0.717) is 36.2 Å². The Morgan fingerprint density at radius 2 is 1.93 bits per heavy atom. The number of amides is 1. The average Bonchev–Trinajstić information content (AvgIpc) is 3.46. The predicted molar refractivity (Wildman–Crippen MR) is 98.6 cm³/mol. The van der Waals surface area contributed by atoms with Gasteiger partial charge >= 0.3 is 0 Å². The van der Waals surface area contributed by atoms with E-state index < -0.39 is 0 Å². The van der Waals surface area contributed by atoms with Crippen LogP contribution < -0.4 is 19.1 Å². The van der Waals surface area contributed by atoms with E-state index in [1.165, 1.54) is 0 Å². The number of hydrogen-bond acceptors (Lipinski definition) is 7. The molecule has 142 valence electrons. The molecule has 1 atom stereocenters. The smallest absolute Gasteiger partial charge is 0.232 e. The number of ether oxygens (including phenoxy) is 3. The van der Waals surface area contributed by atoms with Gasteiger partial charge in [0.2, 0.25) is 24.4 Å². The zero-order valence-electron chi connectivity index (χ0n) is 15.1. The standard InChI is InChI=1S/C20H17N3O5/c1-25-15-5-3-14(4-6-15)23-10-13(9-18(23)24)20-21-19(22-28-20)12-2-7-16-17(8-12)27-11-26-16/h2-8,13H,9-11H2,1H3/t13-/m1/s1. The lowest BCUT2D eigenvalue weighted by Crippen LogP contribution is -2.24. The number of aromatic nitrogens is 2. The van der Waals surface area contributed by atoms with Gasteiger partial charge in [0.15, 0.2) is 11.5 Å². The van der Waals surface area contributed by atoms with Crippen LogP contribution in [0.1, 0.15) is 18.2 Å². The van der Waals surface area contributed by atoms with Crippen molar-refractivity contribution in [1.29, 1.82) is 0 Å². The van der Waals surface area contributed by atoms with Crippen molar-refractivity contribution in [2.24, 2.45) is 0 Å². The van der Waals surface area contributed by atoms with Crippen molar-refractivity contribution < 1.29 is 23.5 Å². The number of benzene rings is 2. The highest BCUT2D eigenvalue weighted by Gasteiger charge is 2.35. The highest BCUT2D eigenvalue weighted by Crippen LogP contribution is 2.36. The van der Waals surface area contributed by atoms with Crippen molar-refractivity contribution in [3.63, 3.8) is 0 Å². The van der Waals surface area contributed by atoms with Crippen LogP contribution in [-0.4, -0.2) is 36.5 Å². The van der Waals surface area contributed by atoms with Crippen molar-refractivity contribution >= 4 is 11.6 Å². The zero-order valence-corrected chi connectivity index (χ0v) is 15.1. The Hall–Kier alpha value is -3.55. The maximum Gasteiger partial charge on any atom is 0.232 e. The van der Waals surface area contributed by atoms with Crippen molar-refractivity contribution in [2.75, 3.05) is 25.3 Å². The molecule has 2 aliphatic heterocycles. The van der Waals surface area contributed by atoms with Gasteiger partial charge in [-0.3, -0.25) is 4.79 Å². The van der Waals surface area contributed by atoms with E-state index in [1.54, 1.807) is 12.0 Å². The van der Waals surface area contributed by atoms with Crippen LogP contribution in [-0.2, 0) is 4.79 Å². The quantitative estimate of drug-likeness (QED) is 0.689. The second-order valence-electron chi connectivity index (χ2n) is 6.63. The van der Waals surface area contributed by atoms with Crippen molar-refractivity contribution in [1.82, 2.24) is 10.1 Å². The number of fused-ring (bicyclic) bond motifs is 1. The number of anilines is 1. The van der Waals surface area contributed by atoms with E-state index in [1.807, 2.05) is 42.5 Å². The fourth-order valence-corrected chi connectivity index (χ4v) is 3.44. The Bertz CT molecular complexity index is 1030. The van der Waals surface area contributed by atoms with Crippen LogP contribution in [0.5, 0.6) is 17.2 Å². The molecule has 0 unspecified atom stereocenters. The number of methoxy groups -OCH3 is 1. The molecule has 8 heteroatoms. The van der Waals surface area contributed by atoms with Crippen LogP contribution in [0.2, 0.25) is 0 Å². The molecule has 2 aliphatic rings. The summed E-state index contributed by atoms with van der Waals surface area (Å²) in [5.41, 5.74) is 1.60. The average molecular weight is 379 g/mol. The highest BCUT2D eigenvalue weighted by atomic mass is 16.7. The number of carbonyl (C=O) groups excluding carboxylic acids is 1. The molecular weight excluding hydrogens is 362 g/mol. The molecule has 3 heterocycles. The molecule has 28 heavy (non-hydrogen) atoms. The number of carbonyl (C=O) groups is 1. The minimum atomic E-state index is -0.148. The lowest BCUT2D eigenvalue weighted by Gasteiger charge is -2.16. The van der Waals surface area contributed by atoms with Gasteiger partial charge in [-0.2, -0.15) is 4.98 Å². The first-order chi connectivity index (χ1) is 13.7. The topological polar surface area (TPSA) is 86.9 Å². The second kappa shape index (κ2) is 6.56. The molecular formula is C20H17N3O5. The maximum atomic E-state index is 12.5. The van der Waals surface area contributed by atoms with Crippen LogP contribution in [0.25, 0.3) is 11.4 Å². The fourth-order valence-electron chi connectivity index (χ4n) is 3.44. The minimum Gasteiger partial charge on any atom is -0.497 e. The predicted octanol–water partition coefficient (Wildman–Crippen LogP) is 2.99. The summed E-state index contributed by atoms with van der Waals surface area (Å²) >= 11 is 0. The normalized spacial score (nSPS) is 18.0. The van der Waals surface area contributed by atoms with Gasteiger partial charge in [0.05, 0.1) is 13.0 Å². The molecule has 0 saturated carbocycles. The molecule has 0 N–H and O–H groups in total. The molecule has 1 aromatic heterocycles. The summed E-state index contributed by atoms with van der Waals surface area (Å²) in [6.07, 6.45) is 0.328. The van der Waals surface area contributed by atoms with Crippen LogP contribution >= 0.6 is 0 Å². The van der Waals surface area contributed by atoms with Gasteiger partial charge in [-0.1, -0.05) is 5.16 Å². The molecule has 0 spiro atoms. The van der Waals surface area contributed by atoms with E-state index in [9.17, 15) is 4.79 Å². The maximum absolute atomic E-state index is 12.5. The fraction of sp³-hybridized carbons (Fsp3) is 0.250. The van der Waals surface area contributed by atoms with Gasteiger partial charge in [0.25, 0.3) is 0 Å². The van der Waals surface area contributed by atoms with Gasteiger partial charge < -0.3 is 23.6 Å². The highest BCUT2D eigenvalue weighted by molar-refractivity contribution is 5.96. The Labute approximate surface area is 160 Å². The summed E-state index contributed by atoms with van der Waals surface area (Å²) < 4.78 is 21.3. The van der Waals surface area contributed by atoms with Gasteiger partial charge in [-0.05, 0) is 42.5 Å². The lowest BCUT2D eigenvalue weighted by atomic mass is 10.1. The SMILES string of the molecule is COc1ccc(N2C[C@H](c3nc(-c4ccc5c(c4)OCO5)no3)CC2=O)cc1. The molecule has 0 aliphatic carbocycles. The Kier molecular flexibility index (Phi) is 3.89. The van der Waals surface area contributed by atoms with E-state index in [4.69, 9.17) is 18.7 Å². The Morgan fingerprint density at radius 1 is 1.11 bits per heavy atom. The van der Waals surface area contributed by atoms with Gasteiger partial charge in [0, 0.05) is 24.2 Å². The van der Waals surface area contributed by atoms with E-state index in [2.05, 4.69) is 10.1 Å². The number of hydrogen-bond donors (Lipinski definition) is 0. The van der Waals surface area contributed by atoms with E-state index in [-0.39, 0.29) is 18.6 Å². The summed E-state index contributed by atoms with van der Waals surface area (Å²) in [6, 6.07) is 12.9. The van der Waals surface area contributed by atoms with Crippen molar-refractivity contribution in [2.45, 2.75) is 12.3 Å². The molecule has 2 aromatic carbocycles. The Morgan fingerprint density at radius 3 is 2.75 bits per heavy atom. The van der Waals surface area contributed by atoms with Crippen LogP contribution in [0.15, 0.2) is 47.0 Å². The zero-order chi connectivity index (χ0) is 19.1. The molecule has 3 aromatic rings. The molecule has 1 saturated heterocycles. The largest absolute Gasteiger partial charge is 0.497 e. The molecule has 0 bridgehead atoms. The molecule has 8 nitrogen and oxygen atoms in total. The van der Waals surface area contributed by atoms with Crippen molar-refractivity contribution in [3.8, 4) is 28.6 Å². The van der Waals surface area contributed by atoms with E-state index in [0.717, 1.165) is 17.0 Å². The first kappa shape index (κ1) is 16.6. The van der Waals surface area contributed by atoms with Gasteiger partial charge in [0.1, 0.15) is 5.75 Å². The molecule has 5 rings (SSSR count). The molecule has 1 amide bonds. The first-order valence-corrected chi connectivity index (χ1v) is 8.89. The van der Waals surface area contributed by atoms with Crippen LogP contribution in [0.3, 0.4) is 0 Å². The Balaban J connectivity index is 1.35. The third kappa shape index (κ3) is 2.83. The summed E-state index contributed by atoms with van der Waals surface area (Å²) in [7, 11) is 1.61. The number of nitrogens with zero attached hydrogens (tertiary/aromatic N) is 3. The third-order valence-corrected chi connectivity index (χ3v) is 4.93. The molecule has 1 fully saturated rings. The minimum absolute atomic E-state index is 0.0259. The summed E-state index contributed by atoms with van der Waals surface area (Å²) in [6.45, 7) is 0.704. The lowest BCUT2D eigenvalue weighted by molar-refractivity contribution is -0.117. The summed E-state index contributed by atoms with van der Waals surface area (Å²) in [5.74, 6) is 2.90.